The molecule has 0 atom stereocenters. The van der Waals surface area contributed by atoms with Crippen molar-refractivity contribution in [3.05, 3.63) is 71.4 Å². The number of nitrogens with zero attached hydrogens (tertiary/aromatic N) is 2. The molecule has 0 aromatic heterocycles. The SMILES string of the molecule is CC(C)c1ccccc1N/C=C(/C#N)C(=O)N1CCCc2ccccc21. The fourth-order valence-corrected chi connectivity index (χ4v) is 3.31. The van der Waals surface area contributed by atoms with Gasteiger partial charge in [0, 0.05) is 24.1 Å². The molecule has 3 rings (SSSR count). The maximum atomic E-state index is 12.9. The van der Waals surface area contributed by atoms with Gasteiger partial charge in [-0.3, -0.25) is 4.79 Å². The minimum Gasteiger partial charge on any atom is -0.360 e. The molecular weight excluding hydrogens is 322 g/mol. The van der Waals surface area contributed by atoms with Crippen molar-refractivity contribution in [1.29, 1.82) is 5.26 Å². The minimum atomic E-state index is -0.255. The standard InChI is InChI=1S/C22H23N3O/c1-16(2)19-10-4-5-11-20(19)24-15-18(14-23)22(26)25-13-7-9-17-8-3-6-12-21(17)25/h3-6,8,10-12,15-16,24H,7,9,13H2,1-2H3/b18-15-. The van der Waals surface area contributed by atoms with Gasteiger partial charge in [-0.1, -0.05) is 50.2 Å². The van der Waals surface area contributed by atoms with Crippen molar-refractivity contribution in [2.75, 3.05) is 16.8 Å². The van der Waals surface area contributed by atoms with Crippen LogP contribution in [-0.2, 0) is 11.2 Å². The Hall–Kier alpha value is -3.06. The highest BCUT2D eigenvalue weighted by Crippen LogP contribution is 2.28. The van der Waals surface area contributed by atoms with Gasteiger partial charge in [-0.25, -0.2) is 0 Å². The molecule has 132 valence electrons. The van der Waals surface area contributed by atoms with E-state index in [1.807, 2.05) is 42.5 Å². The average Bonchev–Trinajstić information content (AvgIpc) is 2.68. The largest absolute Gasteiger partial charge is 0.360 e. The predicted molar refractivity (Wildman–Crippen MR) is 105 cm³/mol. The second-order valence-corrected chi connectivity index (χ2v) is 6.75. The number of nitrogens with one attached hydrogen (secondary N) is 1. The number of rotatable bonds is 4. The van der Waals surface area contributed by atoms with Crippen LogP contribution in [0, 0.1) is 11.3 Å². The van der Waals surface area contributed by atoms with Crippen molar-refractivity contribution < 1.29 is 4.79 Å². The normalized spacial score (nSPS) is 13.9. The van der Waals surface area contributed by atoms with Crippen molar-refractivity contribution in [3.8, 4) is 6.07 Å². The van der Waals surface area contributed by atoms with E-state index in [0.29, 0.717) is 12.5 Å². The molecule has 0 radical (unpaired) electrons. The molecule has 1 aliphatic heterocycles. The molecular formula is C22H23N3O. The van der Waals surface area contributed by atoms with Crippen molar-refractivity contribution in [2.45, 2.75) is 32.6 Å². The maximum Gasteiger partial charge on any atom is 0.270 e. The number of nitriles is 1. The first-order valence-corrected chi connectivity index (χ1v) is 8.97. The lowest BCUT2D eigenvalue weighted by molar-refractivity contribution is -0.114. The van der Waals surface area contributed by atoms with Gasteiger partial charge in [0.1, 0.15) is 11.6 Å². The third kappa shape index (κ3) is 3.62. The summed E-state index contributed by atoms with van der Waals surface area (Å²) in [6, 6.07) is 17.9. The van der Waals surface area contributed by atoms with Crippen LogP contribution in [0.3, 0.4) is 0 Å². The van der Waals surface area contributed by atoms with Crippen LogP contribution in [0.5, 0.6) is 0 Å². The lowest BCUT2D eigenvalue weighted by atomic mass is 10.0. The van der Waals surface area contributed by atoms with Crippen LogP contribution >= 0.6 is 0 Å². The monoisotopic (exact) mass is 345 g/mol. The molecule has 1 aliphatic rings. The van der Waals surface area contributed by atoms with Gasteiger partial charge in [0.05, 0.1) is 0 Å². The lowest BCUT2D eigenvalue weighted by Gasteiger charge is -2.29. The first kappa shape index (κ1) is 17.8. The molecule has 0 fully saturated rings. The van der Waals surface area contributed by atoms with Gasteiger partial charge >= 0.3 is 0 Å². The lowest BCUT2D eigenvalue weighted by Crippen LogP contribution is -2.36. The zero-order valence-electron chi connectivity index (χ0n) is 15.2. The molecule has 2 aromatic rings. The molecule has 0 aliphatic carbocycles. The average molecular weight is 345 g/mol. The number of carbonyl (C=O) groups excluding carboxylic acids is 1. The number of aryl methyl sites for hydroxylation is 1. The Bertz CT molecular complexity index is 877. The molecule has 4 nitrogen and oxygen atoms in total. The van der Waals surface area contributed by atoms with Crippen LogP contribution in [0.15, 0.2) is 60.3 Å². The Morgan fingerprint density at radius 3 is 2.69 bits per heavy atom. The third-order valence-corrected chi connectivity index (χ3v) is 4.66. The Morgan fingerprint density at radius 2 is 1.92 bits per heavy atom. The number of carbonyl (C=O) groups is 1. The summed E-state index contributed by atoms with van der Waals surface area (Å²) in [4.78, 5) is 14.6. The number of benzene rings is 2. The summed E-state index contributed by atoms with van der Waals surface area (Å²) in [5.41, 5.74) is 4.24. The molecule has 1 N–H and O–H groups in total. The van der Waals surface area contributed by atoms with E-state index in [2.05, 4.69) is 31.3 Å². The highest BCUT2D eigenvalue weighted by molar-refractivity contribution is 6.09. The first-order valence-electron chi connectivity index (χ1n) is 8.97. The Labute approximate surface area is 154 Å². The highest BCUT2D eigenvalue weighted by atomic mass is 16.2. The van der Waals surface area contributed by atoms with E-state index in [-0.39, 0.29) is 11.5 Å². The summed E-state index contributed by atoms with van der Waals surface area (Å²) in [5, 5.41) is 12.7. The molecule has 0 bridgehead atoms. The van der Waals surface area contributed by atoms with Crippen LogP contribution in [0.4, 0.5) is 11.4 Å². The van der Waals surface area contributed by atoms with Gasteiger partial charge in [-0.2, -0.15) is 5.26 Å². The van der Waals surface area contributed by atoms with Crippen molar-refractivity contribution in [1.82, 2.24) is 0 Å². The summed E-state index contributed by atoms with van der Waals surface area (Å²) >= 11 is 0. The summed E-state index contributed by atoms with van der Waals surface area (Å²) < 4.78 is 0. The summed E-state index contributed by atoms with van der Waals surface area (Å²) in [7, 11) is 0. The second kappa shape index (κ2) is 7.88. The van der Waals surface area contributed by atoms with Crippen LogP contribution in [0.25, 0.3) is 0 Å². The molecule has 1 heterocycles. The van der Waals surface area contributed by atoms with E-state index in [0.717, 1.165) is 35.3 Å². The van der Waals surface area contributed by atoms with Crippen LogP contribution in [-0.4, -0.2) is 12.5 Å². The smallest absolute Gasteiger partial charge is 0.270 e. The number of fused-ring (bicyclic) bond motifs is 1. The van der Waals surface area contributed by atoms with Gasteiger partial charge in [-0.05, 0) is 42.0 Å². The quantitative estimate of drug-likeness (QED) is 0.650. The predicted octanol–water partition coefficient (Wildman–Crippen LogP) is 4.61. The number of hydrogen-bond donors (Lipinski definition) is 1. The Balaban J connectivity index is 1.85. The van der Waals surface area contributed by atoms with E-state index in [1.54, 1.807) is 4.90 Å². The molecule has 0 spiro atoms. The Kier molecular flexibility index (Phi) is 5.38. The summed E-state index contributed by atoms with van der Waals surface area (Å²) in [6.07, 6.45) is 3.40. The van der Waals surface area contributed by atoms with E-state index in [1.165, 1.54) is 6.20 Å². The van der Waals surface area contributed by atoms with Gasteiger partial charge in [0.2, 0.25) is 0 Å². The molecule has 2 aromatic carbocycles. The highest BCUT2D eigenvalue weighted by Gasteiger charge is 2.24. The fourth-order valence-electron chi connectivity index (χ4n) is 3.31. The zero-order chi connectivity index (χ0) is 18.5. The van der Waals surface area contributed by atoms with Crippen LogP contribution in [0.2, 0.25) is 0 Å². The molecule has 0 saturated carbocycles. The van der Waals surface area contributed by atoms with Crippen molar-refractivity contribution in [2.24, 2.45) is 0 Å². The summed E-state index contributed by atoms with van der Waals surface area (Å²) in [6.45, 7) is 4.87. The van der Waals surface area contributed by atoms with Crippen LogP contribution < -0.4 is 10.2 Å². The minimum absolute atomic E-state index is 0.111. The molecule has 26 heavy (non-hydrogen) atoms. The topological polar surface area (TPSA) is 56.1 Å². The molecule has 4 heteroatoms. The first-order chi connectivity index (χ1) is 12.6. The third-order valence-electron chi connectivity index (χ3n) is 4.66. The maximum absolute atomic E-state index is 12.9. The second-order valence-electron chi connectivity index (χ2n) is 6.75. The molecule has 1 amide bonds. The van der Waals surface area contributed by atoms with Crippen molar-refractivity contribution in [3.63, 3.8) is 0 Å². The molecule has 0 saturated heterocycles. The van der Waals surface area contributed by atoms with Gasteiger partial charge < -0.3 is 10.2 Å². The van der Waals surface area contributed by atoms with E-state index >= 15 is 0 Å². The number of anilines is 2. The van der Waals surface area contributed by atoms with Gasteiger partial charge in [0.25, 0.3) is 5.91 Å². The number of hydrogen-bond acceptors (Lipinski definition) is 3. The number of para-hydroxylation sites is 2. The van der Waals surface area contributed by atoms with Gasteiger partial charge in [0.15, 0.2) is 0 Å². The fraction of sp³-hybridized carbons (Fsp3) is 0.273. The van der Waals surface area contributed by atoms with Crippen molar-refractivity contribution >= 4 is 17.3 Å². The summed E-state index contributed by atoms with van der Waals surface area (Å²) in [5.74, 6) is 0.0940. The Morgan fingerprint density at radius 1 is 1.19 bits per heavy atom. The van der Waals surface area contributed by atoms with E-state index in [4.69, 9.17) is 0 Å². The molecule has 0 unspecified atom stereocenters. The van der Waals surface area contributed by atoms with Gasteiger partial charge in [-0.15, -0.1) is 0 Å². The van der Waals surface area contributed by atoms with Crippen LogP contribution in [0.1, 0.15) is 37.3 Å². The zero-order valence-corrected chi connectivity index (χ0v) is 15.2. The number of amides is 1. The van der Waals surface area contributed by atoms with E-state index < -0.39 is 0 Å². The van der Waals surface area contributed by atoms with E-state index in [9.17, 15) is 10.1 Å².